The van der Waals surface area contributed by atoms with Crippen molar-refractivity contribution >= 4 is 29.1 Å². The molecule has 0 radical (unpaired) electrons. The van der Waals surface area contributed by atoms with E-state index in [4.69, 9.17) is 27.9 Å². The normalized spacial score (nSPS) is 10.5. The second kappa shape index (κ2) is 8.95. The van der Waals surface area contributed by atoms with Crippen LogP contribution in [-0.4, -0.2) is 19.1 Å². The van der Waals surface area contributed by atoms with E-state index in [2.05, 4.69) is 5.32 Å². The number of ether oxygens (including phenoxy) is 1. The van der Waals surface area contributed by atoms with Crippen molar-refractivity contribution in [1.82, 2.24) is 5.32 Å². The zero-order chi connectivity index (χ0) is 17.5. The number of hydrogen-bond acceptors (Lipinski definition) is 2. The molecule has 5 heteroatoms. The molecule has 1 N–H and O–H groups in total. The molecular weight excluding hydrogens is 345 g/mol. The molecule has 0 unspecified atom stereocenters. The Morgan fingerprint density at radius 2 is 1.71 bits per heavy atom. The van der Waals surface area contributed by atoms with Crippen LogP contribution in [0.15, 0.2) is 36.4 Å². The summed E-state index contributed by atoms with van der Waals surface area (Å²) in [6, 6.07) is 11.4. The zero-order valence-electron chi connectivity index (χ0n) is 13.9. The minimum absolute atomic E-state index is 0.00145. The van der Waals surface area contributed by atoms with Crippen LogP contribution in [0, 0.1) is 13.8 Å². The van der Waals surface area contributed by atoms with Gasteiger partial charge in [-0.1, -0.05) is 35.3 Å². The molecule has 0 saturated heterocycles. The van der Waals surface area contributed by atoms with Crippen molar-refractivity contribution < 1.29 is 9.53 Å². The Hall–Kier alpha value is -1.71. The summed E-state index contributed by atoms with van der Waals surface area (Å²) in [7, 11) is 0. The molecule has 0 spiro atoms. The van der Waals surface area contributed by atoms with Gasteiger partial charge in [0.15, 0.2) is 6.61 Å². The van der Waals surface area contributed by atoms with Gasteiger partial charge in [0.1, 0.15) is 5.75 Å². The first-order chi connectivity index (χ1) is 11.5. The van der Waals surface area contributed by atoms with Gasteiger partial charge in [0.05, 0.1) is 0 Å². The van der Waals surface area contributed by atoms with Crippen molar-refractivity contribution in [3.8, 4) is 5.75 Å². The molecule has 0 aliphatic carbocycles. The third-order valence-electron chi connectivity index (χ3n) is 3.66. The first kappa shape index (κ1) is 18.6. The molecule has 0 atom stereocenters. The Balaban J connectivity index is 1.69. The lowest BCUT2D eigenvalue weighted by Gasteiger charge is -2.10. The van der Waals surface area contributed by atoms with Crippen LogP contribution in [0.25, 0.3) is 0 Å². The predicted octanol–water partition coefficient (Wildman–Crippen LogP) is 4.74. The van der Waals surface area contributed by atoms with E-state index >= 15 is 0 Å². The number of aryl methyl sites for hydroxylation is 3. The maximum Gasteiger partial charge on any atom is 0.257 e. The average Bonchev–Trinajstić information content (AvgIpc) is 2.56. The molecule has 0 aliphatic heterocycles. The summed E-state index contributed by atoms with van der Waals surface area (Å²) in [6.07, 6.45) is 1.76. The van der Waals surface area contributed by atoms with Crippen molar-refractivity contribution in [3.05, 3.63) is 63.1 Å². The van der Waals surface area contributed by atoms with Gasteiger partial charge in [-0.25, -0.2) is 0 Å². The molecule has 2 aromatic rings. The van der Waals surface area contributed by atoms with Crippen LogP contribution in [0.3, 0.4) is 0 Å². The lowest BCUT2D eigenvalue weighted by atomic mass is 10.1. The lowest BCUT2D eigenvalue weighted by Crippen LogP contribution is -2.29. The smallest absolute Gasteiger partial charge is 0.257 e. The first-order valence-electron chi connectivity index (χ1n) is 7.86. The molecule has 24 heavy (non-hydrogen) atoms. The third-order valence-corrected chi connectivity index (χ3v) is 4.51. The molecule has 0 bridgehead atoms. The quantitative estimate of drug-likeness (QED) is 0.719. The van der Waals surface area contributed by atoms with Crippen molar-refractivity contribution in [2.75, 3.05) is 13.2 Å². The highest BCUT2D eigenvalue weighted by atomic mass is 35.5. The monoisotopic (exact) mass is 365 g/mol. The molecular formula is C19H21Cl2NO2. The molecule has 0 saturated carbocycles. The van der Waals surface area contributed by atoms with Crippen molar-refractivity contribution in [2.45, 2.75) is 26.7 Å². The fourth-order valence-electron chi connectivity index (χ4n) is 2.36. The van der Waals surface area contributed by atoms with Gasteiger partial charge in [-0.2, -0.15) is 0 Å². The molecule has 2 rings (SSSR count). The zero-order valence-corrected chi connectivity index (χ0v) is 15.4. The van der Waals surface area contributed by atoms with Gasteiger partial charge >= 0.3 is 0 Å². The van der Waals surface area contributed by atoms with Crippen LogP contribution >= 0.6 is 23.2 Å². The molecule has 0 aromatic heterocycles. The van der Waals surface area contributed by atoms with Gasteiger partial charge in [-0.05, 0) is 67.6 Å². The predicted molar refractivity (Wildman–Crippen MR) is 99.2 cm³/mol. The van der Waals surface area contributed by atoms with Gasteiger partial charge < -0.3 is 10.1 Å². The summed E-state index contributed by atoms with van der Waals surface area (Å²) >= 11 is 12.0. The lowest BCUT2D eigenvalue weighted by molar-refractivity contribution is -0.123. The fourth-order valence-corrected chi connectivity index (χ4v) is 2.60. The Labute approximate surface area is 152 Å². The summed E-state index contributed by atoms with van der Waals surface area (Å²) in [5, 5.41) is 4.32. The number of carbonyl (C=O) groups is 1. The minimum Gasteiger partial charge on any atom is -0.484 e. The first-order valence-corrected chi connectivity index (χ1v) is 8.62. The van der Waals surface area contributed by atoms with E-state index in [1.165, 1.54) is 5.56 Å². The van der Waals surface area contributed by atoms with Crippen LogP contribution in [0.4, 0.5) is 0 Å². The summed E-state index contributed by atoms with van der Waals surface area (Å²) in [4.78, 5) is 11.8. The average molecular weight is 366 g/mol. The summed E-state index contributed by atoms with van der Waals surface area (Å²) in [5.74, 6) is 0.530. The van der Waals surface area contributed by atoms with Gasteiger partial charge in [0.2, 0.25) is 0 Å². The van der Waals surface area contributed by atoms with Gasteiger partial charge in [0, 0.05) is 16.6 Å². The van der Waals surface area contributed by atoms with E-state index in [0.29, 0.717) is 12.3 Å². The van der Waals surface area contributed by atoms with Gasteiger partial charge in [-0.15, -0.1) is 0 Å². The summed E-state index contributed by atoms with van der Waals surface area (Å²) in [6.45, 7) is 4.45. The Bertz CT molecular complexity index is 676. The number of hydrogen-bond donors (Lipinski definition) is 1. The topological polar surface area (TPSA) is 38.3 Å². The summed E-state index contributed by atoms with van der Waals surface area (Å²) in [5.41, 5.74) is 3.09. The van der Waals surface area contributed by atoms with Crippen LogP contribution in [0.2, 0.25) is 10.0 Å². The Morgan fingerprint density at radius 1 is 1.08 bits per heavy atom. The standard InChI is InChI=1S/C19H21Cl2NO2/c1-13-10-17(11-14(2)19(13)21)24-12-18(23)22-9-3-4-15-5-7-16(20)8-6-15/h5-8,10-11H,3-4,9,12H2,1-2H3,(H,22,23). The number of rotatable bonds is 7. The van der Waals surface area contributed by atoms with E-state index in [-0.39, 0.29) is 12.5 Å². The molecule has 2 aromatic carbocycles. The molecule has 128 valence electrons. The van der Waals surface area contributed by atoms with Gasteiger partial charge in [-0.3, -0.25) is 4.79 Å². The fraction of sp³-hybridized carbons (Fsp3) is 0.316. The van der Waals surface area contributed by atoms with Gasteiger partial charge in [0.25, 0.3) is 5.91 Å². The second-order valence-electron chi connectivity index (χ2n) is 5.74. The maximum absolute atomic E-state index is 11.8. The molecule has 0 fully saturated rings. The van der Waals surface area contributed by atoms with Crippen molar-refractivity contribution in [2.24, 2.45) is 0 Å². The number of amides is 1. The second-order valence-corrected chi connectivity index (χ2v) is 6.55. The largest absolute Gasteiger partial charge is 0.484 e. The van der Waals surface area contributed by atoms with Crippen LogP contribution in [0.1, 0.15) is 23.1 Å². The number of benzene rings is 2. The number of carbonyl (C=O) groups excluding carboxylic acids is 1. The van der Waals surface area contributed by atoms with Crippen LogP contribution in [0.5, 0.6) is 5.75 Å². The van der Waals surface area contributed by atoms with Crippen molar-refractivity contribution in [1.29, 1.82) is 0 Å². The highest BCUT2D eigenvalue weighted by molar-refractivity contribution is 6.32. The molecule has 0 heterocycles. The SMILES string of the molecule is Cc1cc(OCC(=O)NCCCc2ccc(Cl)cc2)cc(C)c1Cl. The number of nitrogens with one attached hydrogen (secondary N) is 1. The highest BCUT2D eigenvalue weighted by Crippen LogP contribution is 2.25. The third kappa shape index (κ3) is 5.73. The highest BCUT2D eigenvalue weighted by Gasteiger charge is 2.06. The number of halogens is 2. The summed E-state index contributed by atoms with van der Waals surface area (Å²) < 4.78 is 5.53. The Kier molecular flexibility index (Phi) is 6.95. The minimum atomic E-state index is -0.128. The van der Waals surface area contributed by atoms with E-state index in [1.54, 1.807) is 0 Å². The van der Waals surface area contributed by atoms with Crippen LogP contribution < -0.4 is 10.1 Å². The van der Waals surface area contributed by atoms with E-state index < -0.39 is 0 Å². The molecule has 3 nitrogen and oxygen atoms in total. The molecule has 1 amide bonds. The Morgan fingerprint density at radius 3 is 2.33 bits per heavy atom. The van der Waals surface area contributed by atoms with E-state index in [0.717, 1.165) is 34.0 Å². The van der Waals surface area contributed by atoms with Crippen LogP contribution in [-0.2, 0) is 11.2 Å². The van der Waals surface area contributed by atoms with E-state index in [9.17, 15) is 4.79 Å². The maximum atomic E-state index is 11.8. The van der Waals surface area contributed by atoms with Crippen molar-refractivity contribution in [3.63, 3.8) is 0 Å². The molecule has 0 aliphatic rings. The van der Waals surface area contributed by atoms with E-state index in [1.807, 2.05) is 50.2 Å².